The third-order valence-electron chi connectivity index (χ3n) is 2.66. The predicted octanol–water partition coefficient (Wildman–Crippen LogP) is 2.49. The number of anilines is 1. The molecule has 0 aliphatic carbocycles. The first-order valence-electron chi connectivity index (χ1n) is 5.52. The van der Waals surface area contributed by atoms with E-state index in [-0.39, 0.29) is 21.0 Å². The fraction of sp³-hybridized carbons (Fsp3) is 0.455. The molecule has 102 valence electrons. The molecule has 0 saturated carbocycles. The highest BCUT2D eigenvalue weighted by Crippen LogP contribution is 2.26. The molecule has 3 N–H and O–H groups in total. The average molecular weight is 339 g/mol. The van der Waals surface area contributed by atoms with E-state index in [0.717, 1.165) is 18.6 Å². The van der Waals surface area contributed by atoms with E-state index < -0.39 is 15.8 Å². The highest BCUT2D eigenvalue weighted by molar-refractivity contribution is 9.10. The van der Waals surface area contributed by atoms with Crippen LogP contribution in [0.25, 0.3) is 0 Å². The van der Waals surface area contributed by atoms with E-state index in [1.165, 1.54) is 0 Å². The lowest BCUT2D eigenvalue weighted by atomic mass is 10.1. The normalized spacial score (nSPS) is 13.6. The number of hydrogen-bond donors (Lipinski definition) is 2. The molecule has 0 aromatic heterocycles. The minimum absolute atomic E-state index is 0.0512. The molecule has 18 heavy (non-hydrogen) atoms. The van der Waals surface area contributed by atoms with E-state index in [9.17, 15) is 12.8 Å². The average Bonchev–Trinajstić information content (AvgIpc) is 2.30. The number of nitrogens with one attached hydrogen (secondary N) is 1. The van der Waals surface area contributed by atoms with Crippen molar-refractivity contribution in [3.8, 4) is 0 Å². The third kappa shape index (κ3) is 3.66. The Morgan fingerprint density at radius 1 is 1.50 bits per heavy atom. The molecule has 0 fully saturated rings. The Morgan fingerprint density at radius 2 is 2.11 bits per heavy atom. The summed E-state index contributed by atoms with van der Waals surface area (Å²) in [4.78, 5) is -0.0512. The Hall–Kier alpha value is -0.660. The lowest BCUT2D eigenvalue weighted by Crippen LogP contribution is -2.28. The van der Waals surface area contributed by atoms with Gasteiger partial charge in [-0.2, -0.15) is 0 Å². The summed E-state index contributed by atoms with van der Waals surface area (Å²) in [5, 5.41) is 0. The SMILES string of the molecule is CCC(C)CNS(=O)(=O)c1cc(N)c(F)cc1Br. The van der Waals surface area contributed by atoms with Gasteiger partial charge in [-0.25, -0.2) is 17.5 Å². The molecule has 7 heteroatoms. The van der Waals surface area contributed by atoms with Gasteiger partial charge in [0.2, 0.25) is 10.0 Å². The standard InChI is InChI=1S/C11H16BrFN2O2S/c1-3-7(2)6-15-18(16,17)11-5-10(14)9(13)4-8(11)12/h4-5,7,15H,3,6,14H2,1-2H3. The maximum atomic E-state index is 13.1. The van der Waals surface area contributed by atoms with Crippen molar-refractivity contribution in [1.29, 1.82) is 0 Å². The summed E-state index contributed by atoms with van der Waals surface area (Å²) in [6.45, 7) is 4.25. The quantitative estimate of drug-likeness (QED) is 0.810. The van der Waals surface area contributed by atoms with Gasteiger partial charge in [0.15, 0.2) is 0 Å². The van der Waals surface area contributed by atoms with Crippen molar-refractivity contribution in [2.45, 2.75) is 25.2 Å². The summed E-state index contributed by atoms with van der Waals surface area (Å²) in [6.07, 6.45) is 0.870. The van der Waals surface area contributed by atoms with Crippen LogP contribution in [0, 0.1) is 11.7 Å². The number of halogens is 2. The number of benzene rings is 1. The summed E-state index contributed by atoms with van der Waals surface area (Å²) in [6, 6.07) is 2.16. The number of nitrogens with two attached hydrogens (primary N) is 1. The predicted molar refractivity (Wildman–Crippen MR) is 73.2 cm³/mol. The zero-order valence-electron chi connectivity index (χ0n) is 10.2. The molecule has 0 aliphatic heterocycles. The molecule has 0 bridgehead atoms. The van der Waals surface area contributed by atoms with Gasteiger partial charge in [0.05, 0.1) is 10.6 Å². The summed E-state index contributed by atoms with van der Waals surface area (Å²) in [7, 11) is -3.68. The Labute approximate surface area is 115 Å². The van der Waals surface area contributed by atoms with Crippen LogP contribution in [0.3, 0.4) is 0 Å². The van der Waals surface area contributed by atoms with Crippen molar-refractivity contribution in [2.24, 2.45) is 5.92 Å². The minimum atomic E-state index is -3.68. The molecule has 4 nitrogen and oxygen atoms in total. The highest BCUT2D eigenvalue weighted by Gasteiger charge is 2.20. The van der Waals surface area contributed by atoms with E-state index >= 15 is 0 Å². The van der Waals surface area contributed by atoms with Crippen LogP contribution in [0.2, 0.25) is 0 Å². The zero-order chi connectivity index (χ0) is 13.9. The van der Waals surface area contributed by atoms with Crippen LogP contribution in [0.4, 0.5) is 10.1 Å². The lowest BCUT2D eigenvalue weighted by Gasteiger charge is -2.12. The summed E-state index contributed by atoms with van der Waals surface area (Å²) >= 11 is 3.03. The van der Waals surface area contributed by atoms with Crippen LogP contribution in [-0.2, 0) is 10.0 Å². The second kappa shape index (κ2) is 5.99. The minimum Gasteiger partial charge on any atom is -0.396 e. The molecule has 0 saturated heterocycles. The maximum Gasteiger partial charge on any atom is 0.241 e. The molecule has 0 heterocycles. The van der Waals surface area contributed by atoms with E-state index in [1.807, 2.05) is 13.8 Å². The Morgan fingerprint density at radius 3 is 2.67 bits per heavy atom. The maximum absolute atomic E-state index is 13.1. The van der Waals surface area contributed by atoms with Gasteiger partial charge in [-0.15, -0.1) is 0 Å². The zero-order valence-corrected chi connectivity index (χ0v) is 12.6. The molecular weight excluding hydrogens is 323 g/mol. The van der Waals surface area contributed by atoms with Crippen LogP contribution in [0.5, 0.6) is 0 Å². The molecule has 1 aromatic rings. The Balaban J connectivity index is 3.02. The van der Waals surface area contributed by atoms with Crippen LogP contribution in [0.15, 0.2) is 21.5 Å². The number of rotatable bonds is 5. The van der Waals surface area contributed by atoms with Crippen molar-refractivity contribution in [2.75, 3.05) is 12.3 Å². The second-order valence-electron chi connectivity index (χ2n) is 4.17. The lowest BCUT2D eigenvalue weighted by molar-refractivity contribution is 0.528. The summed E-state index contributed by atoms with van der Waals surface area (Å²) in [5.74, 6) is -0.418. The topological polar surface area (TPSA) is 72.2 Å². The van der Waals surface area contributed by atoms with Crippen LogP contribution in [-0.4, -0.2) is 15.0 Å². The van der Waals surface area contributed by atoms with Crippen molar-refractivity contribution < 1.29 is 12.8 Å². The van der Waals surface area contributed by atoms with Gasteiger partial charge >= 0.3 is 0 Å². The Bertz CT molecular complexity index is 534. The molecule has 1 atom stereocenters. The van der Waals surface area contributed by atoms with Crippen LogP contribution in [0.1, 0.15) is 20.3 Å². The largest absolute Gasteiger partial charge is 0.396 e. The number of sulfonamides is 1. The van der Waals surface area contributed by atoms with Crippen molar-refractivity contribution in [3.05, 3.63) is 22.4 Å². The first kappa shape index (κ1) is 15.4. The van der Waals surface area contributed by atoms with E-state index in [2.05, 4.69) is 20.7 Å². The first-order valence-corrected chi connectivity index (χ1v) is 7.79. The van der Waals surface area contributed by atoms with Crippen LogP contribution < -0.4 is 10.5 Å². The molecule has 0 aliphatic rings. The van der Waals surface area contributed by atoms with Gasteiger partial charge < -0.3 is 5.73 Å². The molecular formula is C11H16BrFN2O2S. The van der Waals surface area contributed by atoms with Gasteiger partial charge in [0, 0.05) is 11.0 Å². The van der Waals surface area contributed by atoms with Crippen LogP contribution >= 0.6 is 15.9 Å². The first-order chi connectivity index (χ1) is 8.27. The van der Waals surface area contributed by atoms with E-state index in [1.54, 1.807) is 0 Å². The van der Waals surface area contributed by atoms with Gasteiger partial charge in [0.25, 0.3) is 0 Å². The smallest absolute Gasteiger partial charge is 0.241 e. The van der Waals surface area contributed by atoms with Gasteiger partial charge in [-0.05, 0) is 34.0 Å². The fourth-order valence-corrected chi connectivity index (χ4v) is 3.44. The van der Waals surface area contributed by atoms with E-state index in [4.69, 9.17) is 5.73 Å². The van der Waals surface area contributed by atoms with Gasteiger partial charge in [0.1, 0.15) is 5.82 Å². The molecule has 1 unspecified atom stereocenters. The fourth-order valence-electron chi connectivity index (χ4n) is 1.22. The molecule has 1 rings (SSSR count). The van der Waals surface area contributed by atoms with Crippen molar-refractivity contribution in [3.63, 3.8) is 0 Å². The van der Waals surface area contributed by atoms with E-state index in [0.29, 0.717) is 6.54 Å². The molecule has 0 amide bonds. The highest BCUT2D eigenvalue weighted by atomic mass is 79.9. The van der Waals surface area contributed by atoms with Crippen molar-refractivity contribution in [1.82, 2.24) is 4.72 Å². The second-order valence-corrected chi connectivity index (χ2v) is 6.76. The Kier molecular flexibility index (Phi) is 5.12. The molecule has 1 aromatic carbocycles. The monoisotopic (exact) mass is 338 g/mol. The third-order valence-corrected chi connectivity index (χ3v) is 5.04. The molecule has 0 radical (unpaired) electrons. The number of hydrogen-bond acceptors (Lipinski definition) is 3. The van der Waals surface area contributed by atoms with Gasteiger partial charge in [-0.3, -0.25) is 0 Å². The number of nitrogen functional groups attached to an aromatic ring is 1. The molecule has 0 spiro atoms. The van der Waals surface area contributed by atoms with Crippen molar-refractivity contribution >= 4 is 31.6 Å². The summed E-state index contributed by atoms with van der Waals surface area (Å²) < 4.78 is 39.8. The van der Waals surface area contributed by atoms with Gasteiger partial charge in [-0.1, -0.05) is 20.3 Å². The summed E-state index contributed by atoms with van der Waals surface area (Å²) in [5.41, 5.74) is 5.19.